The Kier molecular flexibility index (Phi) is 6.48. The Morgan fingerprint density at radius 1 is 1.23 bits per heavy atom. The van der Waals surface area contributed by atoms with Gasteiger partial charge in [0.05, 0.1) is 12.6 Å². The molecule has 1 N–H and O–H groups in total. The van der Waals surface area contributed by atoms with Crippen LogP contribution < -0.4 is 5.32 Å². The van der Waals surface area contributed by atoms with Crippen LogP contribution in [0.5, 0.6) is 0 Å². The van der Waals surface area contributed by atoms with Gasteiger partial charge in [-0.1, -0.05) is 23.2 Å². The van der Waals surface area contributed by atoms with E-state index in [-0.39, 0.29) is 12.5 Å². The van der Waals surface area contributed by atoms with Crippen molar-refractivity contribution >= 4 is 34.8 Å². The molecule has 0 unspecified atom stereocenters. The van der Waals surface area contributed by atoms with Crippen molar-refractivity contribution in [3.63, 3.8) is 0 Å². The van der Waals surface area contributed by atoms with Gasteiger partial charge in [-0.05, 0) is 39.0 Å². The quantitative estimate of drug-likeness (QED) is 0.802. The lowest BCUT2D eigenvalue weighted by atomic mass is 9.97. The molecule has 1 aliphatic heterocycles. The number of amides is 1. The van der Waals surface area contributed by atoms with Crippen molar-refractivity contribution in [3.05, 3.63) is 28.2 Å². The van der Waals surface area contributed by atoms with Crippen molar-refractivity contribution in [2.75, 3.05) is 31.5 Å². The summed E-state index contributed by atoms with van der Waals surface area (Å²) in [6.07, 6.45) is -4.24. The summed E-state index contributed by atoms with van der Waals surface area (Å²) in [5, 5.41) is 3.56. The predicted octanol–water partition coefficient (Wildman–Crippen LogP) is 4.28. The van der Waals surface area contributed by atoms with E-state index in [9.17, 15) is 18.0 Å². The maximum Gasteiger partial charge on any atom is 0.401 e. The first-order valence-electron chi connectivity index (χ1n) is 8.20. The molecule has 1 aromatic rings. The molecule has 0 bridgehead atoms. The number of alkyl halides is 3. The highest BCUT2D eigenvalue weighted by molar-refractivity contribution is 6.35. The number of halogens is 5. The molecule has 1 fully saturated rings. The summed E-state index contributed by atoms with van der Waals surface area (Å²) >= 11 is 11.8. The number of hydrogen-bond acceptors (Lipinski definition) is 3. The Balaban J connectivity index is 2.01. The second kappa shape index (κ2) is 7.92. The van der Waals surface area contributed by atoms with Gasteiger partial charge in [0.1, 0.15) is 0 Å². The molecule has 9 heteroatoms. The average molecular weight is 412 g/mol. The molecule has 1 aliphatic rings. The van der Waals surface area contributed by atoms with E-state index in [0.29, 0.717) is 28.8 Å². The van der Waals surface area contributed by atoms with E-state index < -0.39 is 24.3 Å². The molecule has 1 heterocycles. The highest BCUT2D eigenvalue weighted by Gasteiger charge is 2.42. The summed E-state index contributed by atoms with van der Waals surface area (Å²) in [6.45, 7) is 5.27. The second-order valence-corrected chi connectivity index (χ2v) is 8.02. The van der Waals surface area contributed by atoms with Gasteiger partial charge < -0.3 is 5.32 Å². The molecule has 0 aromatic heterocycles. The third-order valence-electron chi connectivity index (χ3n) is 4.53. The fourth-order valence-electron chi connectivity index (χ4n) is 3.11. The topological polar surface area (TPSA) is 35.6 Å². The minimum atomic E-state index is -4.24. The zero-order chi connectivity index (χ0) is 19.7. The van der Waals surface area contributed by atoms with Crippen LogP contribution in [0.2, 0.25) is 10.0 Å². The number of hydrogen-bond donors (Lipinski definition) is 1. The van der Waals surface area contributed by atoms with Crippen LogP contribution in [0.4, 0.5) is 18.9 Å². The van der Waals surface area contributed by atoms with Crippen molar-refractivity contribution in [2.45, 2.75) is 38.5 Å². The lowest BCUT2D eigenvalue weighted by molar-refractivity contribution is -0.166. The Hall–Kier alpha value is -1.02. The SMILES string of the molecule is C[C@@H](C(=O)Nc1cc(Cl)cc(Cl)c1)N1CCN(CC(F)(F)F)C(C)(C)C1. The number of benzene rings is 1. The number of rotatable bonds is 4. The molecule has 1 saturated heterocycles. The highest BCUT2D eigenvalue weighted by Crippen LogP contribution is 2.28. The van der Waals surface area contributed by atoms with Gasteiger partial charge in [-0.2, -0.15) is 13.2 Å². The first-order chi connectivity index (χ1) is 11.9. The second-order valence-electron chi connectivity index (χ2n) is 7.14. The molecular formula is C17H22Cl2F3N3O. The Labute approximate surface area is 161 Å². The molecule has 0 saturated carbocycles. The highest BCUT2D eigenvalue weighted by atomic mass is 35.5. The third-order valence-corrected chi connectivity index (χ3v) is 4.97. The summed E-state index contributed by atoms with van der Waals surface area (Å²) in [5.41, 5.74) is -0.212. The molecule has 0 aliphatic carbocycles. The van der Waals surface area contributed by atoms with Crippen molar-refractivity contribution in [3.8, 4) is 0 Å². The van der Waals surface area contributed by atoms with Crippen LogP contribution in [0, 0.1) is 0 Å². The number of piperazine rings is 1. The van der Waals surface area contributed by atoms with Crippen molar-refractivity contribution in [2.24, 2.45) is 0 Å². The van der Waals surface area contributed by atoms with E-state index in [2.05, 4.69) is 5.32 Å². The van der Waals surface area contributed by atoms with Crippen LogP contribution in [-0.4, -0.2) is 59.6 Å². The van der Waals surface area contributed by atoms with E-state index in [1.165, 1.54) is 4.90 Å². The average Bonchev–Trinajstić information content (AvgIpc) is 2.46. The Bertz CT molecular complexity index is 647. The van der Waals surface area contributed by atoms with E-state index >= 15 is 0 Å². The molecule has 0 spiro atoms. The zero-order valence-corrected chi connectivity index (χ0v) is 16.3. The molecule has 4 nitrogen and oxygen atoms in total. The summed E-state index contributed by atoms with van der Waals surface area (Å²) in [5.74, 6) is -0.261. The van der Waals surface area contributed by atoms with Crippen LogP contribution in [0.15, 0.2) is 18.2 Å². The zero-order valence-electron chi connectivity index (χ0n) is 14.8. The van der Waals surface area contributed by atoms with Gasteiger partial charge in [-0.15, -0.1) is 0 Å². The van der Waals surface area contributed by atoms with Gasteiger partial charge in [-0.25, -0.2) is 0 Å². The minimum absolute atomic E-state index is 0.243. The van der Waals surface area contributed by atoms with Crippen molar-refractivity contribution in [1.82, 2.24) is 9.80 Å². The Morgan fingerprint density at radius 2 is 1.81 bits per heavy atom. The summed E-state index contributed by atoms with van der Waals surface area (Å²) < 4.78 is 38.2. The molecular weight excluding hydrogens is 390 g/mol. The molecule has 0 radical (unpaired) electrons. The first-order valence-corrected chi connectivity index (χ1v) is 8.96. The smallest absolute Gasteiger partial charge is 0.325 e. The molecule has 26 heavy (non-hydrogen) atoms. The number of carbonyl (C=O) groups excluding carboxylic acids is 1. The van der Waals surface area contributed by atoms with E-state index in [0.717, 1.165) is 0 Å². The van der Waals surface area contributed by atoms with E-state index in [4.69, 9.17) is 23.2 Å². The normalized spacial score (nSPS) is 20.0. The molecule has 1 atom stereocenters. The van der Waals surface area contributed by atoms with Crippen LogP contribution >= 0.6 is 23.2 Å². The van der Waals surface area contributed by atoms with E-state index in [1.54, 1.807) is 39.0 Å². The molecule has 146 valence electrons. The van der Waals surface area contributed by atoms with Gasteiger partial charge in [0.2, 0.25) is 5.91 Å². The monoisotopic (exact) mass is 411 g/mol. The summed E-state index contributed by atoms with van der Waals surface area (Å²) in [6, 6.07) is 4.23. The minimum Gasteiger partial charge on any atom is -0.325 e. The summed E-state index contributed by atoms with van der Waals surface area (Å²) in [4.78, 5) is 15.8. The molecule has 1 aromatic carbocycles. The van der Waals surface area contributed by atoms with Gasteiger partial charge in [-0.3, -0.25) is 14.6 Å². The number of nitrogens with zero attached hydrogens (tertiary/aromatic N) is 2. The summed E-state index contributed by atoms with van der Waals surface area (Å²) in [7, 11) is 0. The number of anilines is 1. The first kappa shape index (κ1) is 21.3. The lowest BCUT2D eigenvalue weighted by Crippen LogP contribution is -2.63. The van der Waals surface area contributed by atoms with Crippen LogP contribution in [-0.2, 0) is 4.79 Å². The van der Waals surface area contributed by atoms with E-state index in [1.807, 2.05) is 4.90 Å². The molecule has 1 amide bonds. The third kappa shape index (κ3) is 5.74. The van der Waals surface area contributed by atoms with Gasteiger partial charge >= 0.3 is 6.18 Å². The van der Waals surface area contributed by atoms with Gasteiger partial charge in [0.25, 0.3) is 0 Å². The van der Waals surface area contributed by atoms with Gasteiger partial charge in [0.15, 0.2) is 0 Å². The van der Waals surface area contributed by atoms with Crippen LogP contribution in [0.3, 0.4) is 0 Å². The number of carbonyl (C=O) groups is 1. The largest absolute Gasteiger partial charge is 0.401 e. The fraction of sp³-hybridized carbons (Fsp3) is 0.588. The van der Waals surface area contributed by atoms with Crippen LogP contribution in [0.25, 0.3) is 0 Å². The predicted molar refractivity (Wildman–Crippen MR) is 97.8 cm³/mol. The van der Waals surface area contributed by atoms with Crippen molar-refractivity contribution < 1.29 is 18.0 Å². The van der Waals surface area contributed by atoms with Crippen LogP contribution in [0.1, 0.15) is 20.8 Å². The van der Waals surface area contributed by atoms with Crippen molar-refractivity contribution in [1.29, 1.82) is 0 Å². The fourth-order valence-corrected chi connectivity index (χ4v) is 3.63. The maximum absolute atomic E-state index is 12.7. The lowest BCUT2D eigenvalue weighted by Gasteiger charge is -2.48. The number of nitrogens with one attached hydrogen (secondary N) is 1. The standard InChI is InChI=1S/C17H22Cl2F3N3O/c1-11(15(26)23-14-7-12(18)6-13(19)8-14)24-4-5-25(10-17(20,21)22)16(2,3)9-24/h6-8,11H,4-5,9-10H2,1-3H3,(H,23,26)/t11-/m0/s1. The Morgan fingerprint density at radius 3 is 2.31 bits per heavy atom. The van der Waals surface area contributed by atoms with Gasteiger partial charge in [0, 0.05) is 40.9 Å². The maximum atomic E-state index is 12.7. The molecule has 2 rings (SSSR count).